The molecule has 0 fully saturated rings. The Hall–Kier alpha value is -5.84. The smallest absolute Gasteiger partial charge is 0.0992 e. The van der Waals surface area contributed by atoms with Gasteiger partial charge >= 0.3 is 0 Å². The average Bonchev–Trinajstić information content (AvgIpc) is 3.58. The Morgan fingerprint density at radius 1 is 0.605 bits per heavy atom. The minimum Gasteiger partial charge on any atom is -0.310 e. The van der Waals surface area contributed by atoms with Crippen molar-refractivity contribution >= 4 is 38.8 Å². The van der Waals surface area contributed by atoms with Crippen molar-refractivity contribution in [3.63, 3.8) is 0 Å². The van der Waals surface area contributed by atoms with Crippen molar-refractivity contribution in [2.45, 2.75) is 19.3 Å². The van der Waals surface area contributed by atoms with Crippen LogP contribution in [0.5, 0.6) is 0 Å². The van der Waals surface area contributed by atoms with Crippen LogP contribution >= 0.6 is 0 Å². The highest BCUT2D eigenvalue weighted by molar-refractivity contribution is 6.09. The fourth-order valence-corrected chi connectivity index (χ4v) is 6.86. The molecule has 1 aliphatic rings. The van der Waals surface area contributed by atoms with E-state index in [0.717, 1.165) is 56.6 Å². The minimum atomic E-state index is 0.363. The highest BCUT2D eigenvalue weighted by Crippen LogP contribution is 2.41. The molecule has 202 valence electrons. The summed E-state index contributed by atoms with van der Waals surface area (Å²) in [7, 11) is 0. The predicted molar refractivity (Wildman–Crippen MR) is 175 cm³/mol. The first-order valence-corrected chi connectivity index (χ1v) is 14.5. The van der Waals surface area contributed by atoms with Crippen molar-refractivity contribution in [3.05, 3.63) is 138 Å². The molecule has 2 heterocycles. The molecular weight excluding hydrogens is 524 g/mol. The number of allylic oxidation sites excluding steroid dienone is 1. The topological polar surface area (TPSA) is 57.4 Å². The van der Waals surface area contributed by atoms with Crippen molar-refractivity contribution in [1.29, 1.82) is 10.5 Å². The highest BCUT2D eigenvalue weighted by Gasteiger charge is 2.23. The molecule has 5 aromatic carbocycles. The largest absolute Gasteiger partial charge is 0.310 e. The van der Waals surface area contributed by atoms with Gasteiger partial charge in [-0.15, -0.1) is 0 Å². The second-order valence-electron chi connectivity index (χ2n) is 11.3. The van der Waals surface area contributed by atoms with Gasteiger partial charge < -0.3 is 9.13 Å². The minimum absolute atomic E-state index is 0.363. The maximum atomic E-state index is 10.1. The maximum Gasteiger partial charge on any atom is 0.0992 e. The fourth-order valence-electron chi connectivity index (χ4n) is 6.86. The van der Waals surface area contributed by atoms with Gasteiger partial charge in [-0.1, -0.05) is 61.5 Å². The summed E-state index contributed by atoms with van der Waals surface area (Å²) in [5, 5.41) is 23.2. The van der Waals surface area contributed by atoms with Gasteiger partial charge in [0.2, 0.25) is 0 Å². The first kappa shape index (κ1) is 24.9. The Kier molecular flexibility index (Phi) is 5.58. The predicted octanol–water partition coefficient (Wildman–Crippen LogP) is 9.66. The van der Waals surface area contributed by atoms with Crippen LogP contribution in [-0.2, 0) is 0 Å². The number of rotatable bonds is 3. The average molecular weight is 551 g/mol. The zero-order valence-electron chi connectivity index (χ0n) is 23.6. The lowest BCUT2D eigenvalue weighted by Gasteiger charge is -2.17. The number of hydrogen-bond acceptors (Lipinski definition) is 2. The van der Waals surface area contributed by atoms with Crippen molar-refractivity contribution in [1.82, 2.24) is 9.13 Å². The van der Waals surface area contributed by atoms with Crippen LogP contribution in [0.25, 0.3) is 61.3 Å². The van der Waals surface area contributed by atoms with E-state index in [2.05, 4.69) is 125 Å². The van der Waals surface area contributed by atoms with Crippen LogP contribution in [0, 0.1) is 22.7 Å². The molecule has 1 atom stereocenters. The third-order valence-corrected chi connectivity index (χ3v) is 8.75. The van der Waals surface area contributed by atoms with E-state index in [-0.39, 0.29) is 0 Å². The molecule has 0 bridgehead atoms. The van der Waals surface area contributed by atoms with E-state index < -0.39 is 0 Å². The molecule has 0 radical (unpaired) electrons. The molecule has 0 N–H and O–H groups in total. The number of aromatic nitrogens is 2. The summed E-state index contributed by atoms with van der Waals surface area (Å²) in [4.78, 5) is 0. The molecule has 0 saturated carbocycles. The second kappa shape index (κ2) is 9.62. The molecule has 1 unspecified atom stereocenters. The summed E-state index contributed by atoms with van der Waals surface area (Å²) in [6.07, 6.45) is 5.44. The van der Waals surface area contributed by atoms with E-state index >= 15 is 0 Å². The molecule has 0 saturated heterocycles. The van der Waals surface area contributed by atoms with Gasteiger partial charge in [-0.05, 0) is 95.8 Å². The summed E-state index contributed by atoms with van der Waals surface area (Å²) < 4.78 is 4.57. The van der Waals surface area contributed by atoms with Crippen LogP contribution in [0.2, 0.25) is 0 Å². The Bertz CT molecular complexity index is 2310. The van der Waals surface area contributed by atoms with Gasteiger partial charge in [-0.3, -0.25) is 0 Å². The van der Waals surface area contributed by atoms with Crippen LogP contribution < -0.4 is 0 Å². The molecule has 8 rings (SSSR count). The molecule has 7 aromatic rings. The van der Waals surface area contributed by atoms with Gasteiger partial charge in [-0.25, -0.2) is 0 Å². The maximum absolute atomic E-state index is 10.1. The van der Waals surface area contributed by atoms with Gasteiger partial charge in [0, 0.05) is 33.2 Å². The number of nitrogens with zero attached hydrogens (tertiary/aromatic N) is 4. The van der Waals surface area contributed by atoms with Crippen LogP contribution in [0.3, 0.4) is 0 Å². The molecule has 2 aromatic heterocycles. The Morgan fingerprint density at radius 2 is 1.30 bits per heavy atom. The quantitative estimate of drug-likeness (QED) is 0.220. The SMILES string of the molecule is CC1CC=Cc2c1c1cc(C#N)ccc1n2-c1cccc(-c2cc(C#N)cc(-n3c4ccccc4c4ccccc43)c2)c1. The highest BCUT2D eigenvalue weighted by atomic mass is 15.0. The van der Waals surface area contributed by atoms with Crippen LogP contribution in [-0.4, -0.2) is 9.13 Å². The third kappa shape index (κ3) is 3.82. The van der Waals surface area contributed by atoms with E-state index in [0.29, 0.717) is 17.0 Å². The van der Waals surface area contributed by atoms with E-state index in [1.54, 1.807) is 0 Å². The molecule has 4 heteroatoms. The molecule has 43 heavy (non-hydrogen) atoms. The van der Waals surface area contributed by atoms with Crippen molar-refractivity contribution in [2.75, 3.05) is 0 Å². The Labute approximate surface area is 249 Å². The van der Waals surface area contributed by atoms with Crippen molar-refractivity contribution in [3.8, 4) is 34.6 Å². The molecule has 4 nitrogen and oxygen atoms in total. The summed E-state index contributed by atoms with van der Waals surface area (Å²) >= 11 is 0. The lowest BCUT2D eigenvalue weighted by atomic mass is 9.90. The van der Waals surface area contributed by atoms with E-state index in [1.165, 1.54) is 16.3 Å². The number of nitriles is 2. The Balaban J connectivity index is 1.34. The molecule has 1 aliphatic carbocycles. The zero-order chi connectivity index (χ0) is 29.1. The standard InChI is InChI=1S/C39H26N4/c1-25-8-6-15-38-39(25)34-20-26(23-40)16-17-37(34)42(38)30-10-7-9-28(21-30)29-18-27(24-41)19-31(22-29)43-35-13-4-2-11-32(35)33-12-3-5-14-36(33)43/h2-7,9-22,25H,8H2,1H3. The molecule has 0 aliphatic heterocycles. The first-order chi connectivity index (χ1) is 21.1. The van der Waals surface area contributed by atoms with Gasteiger partial charge in [0.05, 0.1) is 39.8 Å². The number of para-hydroxylation sites is 2. The van der Waals surface area contributed by atoms with Crippen molar-refractivity contribution < 1.29 is 0 Å². The molecule has 0 amide bonds. The first-order valence-electron chi connectivity index (χ1n) is 14.5. The Morgan fingerprint density at radius 3 is 2.05 bits per heavy atom. The molecule has 0 spiro atoms. The van der Waals surface area contributed by atoms with E-state index in [1.807, 2.05) is 24.3 Å². The lowest BCUT2D eigenvalue weighted by Crippen LogP contribution is -2.03. The number of benzene rings is 5. The van der Waals surface area contributed by atoms with Gasteiger partial charge in [0.1, 0.15) is 0 Å². The monoisotopic (exact) mass is 550 g/mol. The van der Waals surface area contributed by atoms with E-state index in [9.17, 15) is 10.5 Å². The summed E-state index contributed by atoms with van der Waals surface area (Å²) in [5.41, 5.74) is 11.1. The van der Waals surface area contributed by atoms with Gasteiger partial charge in [0.15, 0.2) is 0 Å². The summed E-state index contributed by atoms with van der Waals surface area (Å²) in [6, 6.07) is 42.2. The third-order valence-electron chi connectivity index (χ3n) is 8.75. The van der Waals surface area contributed by atoms with Gasteiger partial charge in [0.25, 0.3) is 0 Å². The van der Waals surface area contributed by atoms with Crippen molar-refractivity contribution in [2.24, 2.45) is 0 Å². The van der Waals surface area contributed by atoms with Crippen LogP contribution in [0.4, 0.5) is 0 Å². The fraction of sp³-hybridized carbons (Fsp3) is 0.0769. The molecular formula is C39H26N4. The number of hydrogen-bond donors (Lipinski definition) is 0. The summed E-state index contributed by atoms with van der Waals surface area (Å²) in [6.45, 7) is 2.26. The van der Waals surface area contributed by atoms with Crippen LogP contribution in [0.1, 0.15) is 41.6 Å². The van der Waals surface area contributed by atoms with Gasteiger partial charge in [-0.2, -0.15) is 10.5 Å². The number of fused-ring (bicyclic) bond motifs is 6. The van der Waals surface area contributed by atoms with E-state index in [4.69, 9.17) is 0 Å². The lowest BCUT2D eigenvalue weighted by molar-refractivity contribution is 0.773. The zero-order valence-corrected chi connectivity index (χ0v) is 23.6. The summed E-state index contributed by atoms with van der Waals surface area (Å²) in [5.74, 6) is 0.363. The second-order valence-corrected chi connectivity index (χ2v) is 11.3. The van der Waals surface area contributed by atoms with Crippen LogP contribution in [0.15, 0.2) is 115 Å². The normalized spacial score (nSPS) is 14.2.